The van der Waals surface area contributed by atoms with Crippen LogP contribution in [0.2, 0.25) is 0 Å². The second-order valence-electron chi connectivity index (χ2n) is 6.02. The molecule has 0 saturated carbocycles. The minimum absolute atomic E-state index is 0.120. The molecule has 6 heteroatoms. The fraction of sp³-hybridized carbons (Fsp3) is 0.412. The number of benzene rings is 1. The van der Waals surface area contributed by atoms with Crippen molar-refractivity contribution in [1.29, 1.82) is 0 Å². The van der Waals surface area contributed by atoms with E-state index in [1.165, 1.54) is 4.88 Å². The van der Waals surface area contributed by atoms with E-state index in [0.717, 1.165) is 31.0 Å². The van der Waals surface area contributed by atoms with E-state index in [2.05, 4.69) is 22.2 Å². The quantitative estimate of drug-likeness (QED) is 0.935. The van der Waals surface area contributed by atoms with Crippen molar-refractivity contribution in [2.24, 2.45) is 0 Å². The zero-order valence-corrected chi connectivity index (χ0v) is 14.4. The molecular formula is C17H21N3O2S. The maximum Gasteiger partial charge on any atom is 0.257 e. The fourth-order valence-corrected chi connectivity index (χ4v) is 3.59. The molecule has 0 radical (unpaired) electrons. The molecule has 1 aromatic heterocycles. The molecule has 2 heterocycles. The topological polar surface area (TPSA) is 54.5 Å². The fourth-order valence-electron chi connectivity index (χ4n) is 2.50. The molecule has 1 aliphatic heterocycles. The first-order chi connectivity index (χ1) is 11.0. The van der Waals surface area contributed by atoms with E-state index >= 15 is 0 Å². The number of likely N-dealkylation sites (N-methyl/N-ethyl adjacent to an activating group) is 1. The van der Waals surface area contributed by atoms with Gasteiger partial charge < -0.3 is 9.64 Å². The van der Waals surface area contributed by atoms with Gasteiger partial charge in [0.25, 0.3) is 5.91 Å². The zero-order chi connectivity index (χ0) is 16.4. The minimum Gasteiger partial charge on any atom is -0.491 e. The molecule has 5 nitrogen and oxygen atoms in total. The number of amides is 1. The van der Waals surface area contributed by atoms with E-state index in [9.17, 15) is 4.79 Å². The van der Waals surface area contributed by atoms with Gasteiger partial charge in [-0.15, -0.1) is 11.3 Å². The van der Waals surface area contributed by atoms with Gasteiger partial charge in [-0.3, -0.25) is 10.1 Å². The molecule has 1 N–H and O–H groups in total. The van der Waals surface area contributed by atoms with Crippen molar-refractivity contribution in [3.8, 4) is 5.75 Å². The minimum atomic E-state index is -0.138. The van der Waals surface area contributed by atoms with Crippen LogP contribution in [0.3, 0.4) is 0 Å². The maximum absolute atomic E-state index is 12.3. The van der Waals surface area contributed by atoms with E-state index in [1.807, 2.05) is 26.0 Å². The molecular weight excluding hydrogens is 310 g/mol. The number of rotatable bonds is 4. The Bertz CT molecular complexity index is 694. The third kappa shape index (κ3) is 3.89. The Hall–Kier alpha value is -1.92. The SMILES string of the molecule is CC(C)Oc1ccc(C(=O)Nc2nc3c(s2)CN(C)CC3)cc1. The second-order valence-corrected chi connectivity index (χ2v) is 7.11. The molecule has 0 saturated heterocycles. The van der Waals surface area contributed by atoms with Gasteiger partial charge in [0, 0.05) is 30.0 Å². The average Bonchev–Trinajstić information content (AvgIpc) is 2.88. The first kappa shape index (κ1) is 16.0. The number of aromatic nitrogens is 1. The van der Waals surface area contributed by atoms with Gasteiger partial charge in [-0.2, -0.15) is 0 Å². The van der Waals surface area contributed by atoms with Crippen molar-refractivity contribution in [3.63, 3.8) is 0 Å². The standard InChI is InChI=1S/C17H21N3O2S/c1-11(2)22-13-6-4-12(5-7-13)16(21)19-17-18-14-8-9-20(3)10-15(14)23-17/h4-7,11H,8-10H2,1-3H3,(H,18,19,21). The Morgan fingerprint density at radius 2 is 2.09 bits per heavy atom. The number of nitrogens with one attached hydrogen (secondary N) is 1. The monoisotopic (exact) mass is 331 g/mol. The molecule has 0 fully saturated rings. The zero-order valence-electron chi connectivity index (χ0n) is 13.6. The summed E-state index contributed by atoms with van der Waals surface area (Å²) in [4.78, 5) is 20.4. The Morgan fingerprint density at radius 3 is 2.78 bits per heavy atom. The molecule has 122 valence electrons. The van der Waals surface area contributed by atoms with E-state index in [0.29, 0.717) is 10.7 Å². The van der Waals surface area contributed by atoms with Gasteiger partial charge in [0.1, 0.15) is 5.75 Å². The lowest BCUT2D eigenvalue weighted by molar-refractivity contribution is 0.102. The summed E-state index contributed by atoms with van der Waals surface area (Å²) in [5, 5.41) is 3.58. The van der Waals surface area contributed by atoms with E-state index in [-0.39, 0.29) is 12.0 Å². The Balaban J connectivity index is 1.67. The number of ether oxygens (including phenoxy) is 1. The lowest BCUT2D eigenvalue weighted by Gasteiger charge is -2.20. The molecule has 0 atom stereocenters. The number of hydrogen-bond acceptors (Lipinski definition) is 5. The van der Waals surface area contributed by atoms with Crippen LogP contribution < -0.4 is 10.1 Å². The molecule has 0 unspecified atom stereocenters. The van der Waals surface area contributed by atoms with Gasteiger partial charge in [0.2, 0.25) is 0 Å². The lowest BCUT2D eigenvalue weighted by atomic mass is 10.2. The van der Waals surface area contributed by atoms with Gasteiger partial charge in [0.15, 0.2) is 5.13 Å². The molecule has 2 aromatic rings. The number of hydrogen-bond donors (Lipinski definition) is 1. The molecule has 3 rings (SSSR count). The molecule has 1 amide bonds. The summed E-state index contributed by atoms with van der Waals surface area (Å²) in [5.74, 6) is 0.629. The highest BCUT2D eigenvalue weighted by Crippen LogP contribution is 2.28. The summed E-state index contributed by atoms with van der Waals surface area (Å²) in [6.07, 6.45) is 1.06. The van der Waals surface area contributed by atoms with Crippen molar-refractivity contribution >= 4 is 22.4 Å². The van der Waals surface area contributed by atoms with Crippen molar-refractivity contribution in [2.75, 3.05) is 18.9 Å². The average molecular weight is 331 g/mol. The summed E-state index contributed by atoms with van der Waals surface area (Å²) in [7, 11) is 2.10. The van der Waals surface area contributed by atoms with Crippen LogP contribution in [0.1, 0.15) is 34.8 Å². The second kappa shape index (κ2) is 6.68. The van der Waals surface area contributed by atoms with Gasteiger partial charge in [-0.1, -0.05) is 0 Å². The summed E-state index contributed by atoms with van der Waals surface area (Å²) >= 11 is 1.56. The van der Waals surface area contributed by atoms with Crippen LogP contribution >= 0.6 is 11.3 Å². The van der Waals surface area contributed by atoms with Gasteiger partial charge in [-0.25, -0.2) is 4.98 Å². The third-order valence-electron chi connectivity index (χ3n) is 3.63. The van der Waals surface area contributed by atoms with Gasteiger partial charge in [0.05, 0.1) is 11.8 Å². The van der Waals surface area contributed by atoms with Crippen LogP contribution in [0.5, 0.6) is 5.75 Å². The molecule has 1 aromatic carbocycles. The predicted octanol–water partition coefficient (Wildman–Crippen LogP) is 3.17. The Labute approximate surface area is 140 Å². The molecule has 0 bridgehead atoms. The largest absolute Gasteiger partial charge is 0.491 e. The van der Waals surface area contributed by atoms with Crippen LogP contribution in [0.25, 0.3) is 0 Å². The molecule has 1 aliphatic rings. The van der Waals surface area contributed by atoms with Crippen molar-refractivity contribution in [3.05, 3.63) is 40.4 Å². The first-order valence-corrected chi connectivity index (χ1v) is 8.58. The number of carbonyl (C=O) groups excluding carboxylic acids is 1. The Kier molecular flexibility index (Phi) is 4.63. The highest BCUT2D eigenvalue weighted by Gasteiger charge is 2.19. The normalized spacial score (nSPS) is 14.6. The van der Waals surface area contributed by atoms with E-state index in [4.69, 9.17) is 4.74 Å². The number of carbonyl (C=O) groups is 1. The van der Waals surface area contributed by atoms with Crippen LogP contribution in [-0.4, -0.2) is 35.5 Å². The number of nitrogens with zero attached hydrogens (tertiary/aromatic N) is 2. The predicted molar refractivity (Wildman–Crippen MR) is 92.3 cm³/mol. The van der Waals surface area contributed by atoms with Gasteiger partial charge in [-0.05, 0) is 45.2 Å². The van der Waals surface area contributed by atoms with Gasteiger partial charge >= 0.3 is 0 Å². The maximum atomic E-state index is 12.3. The number of anilines is 1. The van der Waals surface area contributed by atoms with Crippen molar-refractivity contribution in [2.45, 2.75) is 32.9 Å². The smallest absolute Gasteiger partial charge is 0.257 e. The third-order valence-corrected chi connectivity index (χ3v) is 4.63. The number of thiazole rings is 1. The van der Waals surface area contributed by atoms with Crippen LogP contribution in [0, 0.1) is 0 Å². The van der Waals surface area contributed by atoms with E-state index < -0.39 is 0 Å². The van der Waals surface area contributed by atoms with Crippen LogP contribution in [0.15, 0.2) is 24.3 Å². The molecule has 0 spiro atoms. The van der Waals surface area contributed by atoms with Crippen LogP contribution in [0.4, 0.5) is 5.13 Å². The van der Waals surface area contributed by atoms with Crippen molar-refractivity contribution < 1.29 is 9.53 Å². The summed E-state index contributed by atoms with van der Waals surface area (Å²) in [5.41, 5.74) is 1.72. The van der Waals surface area contributed by atoms with Crippen LogP contribution in [-0.2, 0) is 13.0 Å². The molecule has 0 aliphatic carbocycles. The van der Waals surface area contributed by atoms with E-state index in [1.54, 1.807) is 23.5 Å². The van der Waals surface area contributed by atoms with Crippen molar-refractivity contribution in [1.82, 2.24) is 9.88 Å². The first-order valence-electron chi connectivity index (χ1n) is 7.76. The summed E-state index contributed by atoms with van der Waals surface area (Å²) < 4.78 is 5.59. The number of fused-ring (bicyclic) bond motifs is 1. The lowest BCUT2D eigenvalue weighted by Crippen LogP contribution is -2.25. The summed E-state index contributed by atoms with van der Waals surface area (Å²) in [6, 6.07) is 7.18. The Morgan fingerprint density at radius 1 is 1.35 bits per heavy atom. The highest BCUT2D eigenvalue weighted by molar-refractivity contribution is 7.15. The molecule has 23 heavy (non-hydrogen) atoms. The highest BCUT2D eigenvalue weighted by atomic mass is 32.1. The summed E-state index contributed by atoms with van der Waals surface area (Å²) in [6.45, 7) is 5.87.